The highest BCUT2D eigenvalue weighted by Crippen LogP contribution is 2.39. The van der Waals surface area contributed by atoms with Crippen LogP contribution in [-0.2, 0) is 16.0 Å². The molecular weight excluding hydrogens is 464 g/mol. The van der Waals surface area contributed by atoms with Crippen molar-refractivity contribution in [1.82, 2.24) is 9.88 Å². The van der Waals surface area contributed by atoms with E-state index in [1.165, 1.54) is 0 Å². The van der Waals surface area contributed by atoms with Gasteiger partial charge in [0.05, 0.1) is 17.5 Å². The normalized spacial score (nSPS) is 15.0. The molecule has 1 unspecified atom stereocenters. The summed E-state index contributed by atoms with van der Waals surface area (Å²) in [6, 6.07) is 13.5. The first-order chi connectivity index (χ1) is 16.9. The second-order valence-electron chi connectivity index (χ2n) is 8.18. The van der Waals surface area contributed by atoms with E-state index in [0.29, 0.717) is 60.1 Å². The predicted octanol–water partition coefficient (Wildman–Crippen LogP) is 2.69. The van der Waals surface area contributed by atoms with Gasteiger partial charge < -0.3 is 20.6 Å². The van der Waals surface area contributed by atoms with Crippen molar-refractivity contribution in [1.29, 1.82) is 10.5 Å². The molecule has 2 heterocycles. The molecule has 10 heteroatoms. The first kappa shape index (κ1) is 26.0. The molecule has 0 radical (unpaired) electrons. The molecule has 0 aliphatic carbocycles. The second kappa shape index (κ2) is 12.2. The van der Waals surface area contributed by atoms with Crippen molar-refractivity contribution in [3.8, 4) is 12.1 Å². The summed E-state index contributed by atoms with van der Waals surface area (Å²) < 4.78 is 0. The van der Waals surface area contributed by atoms with Crippen LogP contribution in [0.5, 0.6) is 0 Å². The van der Waals surface area contributed by atoms with Crippen LogP contribution in [0.3, 0.4) is 0 Å². The molecule has 1 aromatic heterocycles. The number of carboxylic acid groups (broad SMARTS) is 1. The van der Waals surface area contributed by atoms with Crippen molar-refractivity contribution in [3.05, 3.63) is 52.6 Å². The zero-order valence-electron chi connectivity index (χ0n) is 19.6. The number of nitrogens with zero attached hydrogens (tertiary/aromatic N) is 5. The van der Waals surface area contributed by atoms with Crippen molar-refractivity contribution >= 4 is 29.5 Å². The molecule has 182 valence electrons. The van der Waals surface area contributed by atoms with E-state index in [9.17, 15) is 20.1 Å². The van der Waals surface area contributed by atoms with Gasteiger partial charge in [0.15, 0.2) is 0 Å². The Balaban J connectivity index is 2.00. The highest BCUT2D eigenvalue weighted by Gasteiger charge is 2.28. The Kier molecular flexibility index (Phi) is 9.07. The fourth-order valence-corrected chi connectivity index (χ4v) is 5.25. The number of primary amides is 1. The van der Waals surface area contributed by atoms with Crippen LogP contribution in [0.4, 0.5) is 5.82 Å². The lowest BCUT2D eigenvalue weighted by Crippen LogP contribution is -2.33. The average molecular weight is 493 g/mol. The maximum absolute atomic E-state index is 12.3. The monoisotopic (exact) mass is 492 g/mol. The van der Waals surface area contributed by atoms with E-state index in [4.69, 9.17) is 15.8 Å². The van der Waals surface area contributed by atoms with Gasteiger partial charge in [-0.05, 0) is 30.5 Å². The van der Waals surface area contributed by atoms with E-state index >= 15 is 0 Å². The molecule has 1 aliphatic rings. The zero-order valence-corrected chi connectivity index (χ0v) is 20.4. The largest absolute Gasteiger partial charge is 0.481 e. The van der Waals surface area contributed by atoms with E-state index in [0.717, 1.165) is 24.7 Å². The summed E-state index contributed by atoms with van der Waals surface area (Å²) in [4.78, 5) is 32.2. The molecule has 0 bridgehead atoms. The van der Waals surface area contributed by atoms with E-state index in [1.807, 2.05) is 30.0 Å². The molecule has 1 amide bonds. The quantitative estimate of drug-likeness (QED) is 0.504. The number of pyridine rings is 1. The Bertz CT molecular complexity index is 1160. The number of nitriles is 2. The van der Waals surface area contributed by atoms with Gasteiger partial charge in [-0.2, -0.15) is 10.5 Å². The van der Waals surface area contributed by atoms with Crippen LogP contribution in [0.25, 0.3) is 0 Å². The summed E-state index contributed by atoms with van der Waals surface area (Å²) >= 11 is 1.13. The Morgan fingerprint density at radius 1 is 1.14 bits per heavy atom. The van der Waals surface area contributed by atoms with Gasteiger partial charge in [0, 0.05) is 26.2 Å². The van der Waals surface area contributed by atoms with Crippen molar-refractivity contribution in [3.63, 3.8) is 0 Å². The highest BCUT2D eigenvalue weighted by molar-refractivity contribution is 8.00. The van der Waals surface area contributed by atoms with Gasteiger partial charge in [-0.25, -0.2) is 4.98 Å². The summed E-state index contributed by atoms with van der Waals surface area (Å²) in [5, 5.41) is 28.6. The maximum Gasteiger partial charge on any atom is 0.304 e. The summed E-state index contributed by atoms with van der Waals surface area (Å²) in [6.45, 7) is 4.95. The minimum Gasteiger partial charge on any atom is -0.481 e. The summed E-state index contributed by atoms with van der Waals surface area (Å²) in [6.07, 6.45) is 1.32. The molecule has 1 saturated heterocycles. The molecule has 0 spiro atoms. The third-order valence-corrected chi connectivity index (χ3v) is 7.20. The minimum absolute atomic E-state index is 0.0767. The molecule has 1 aliphatic heterocycles. The number of nitrogens with two attached hydrogens (primary N) is 1. The van der Waals surface area contributed by atoms with E-state index in [-0.39, 0.29) is 12.0 Å². The zero-order chi connectivity index (χ0) is 25.4. The average Bonchev–Trinajstić information content (AvgIpc) is 3.10. The molecule has 9 nitrogen and oxygen atoms in total. The lowest BCUT2D eigenvalue weighted by Gasteiger charge is -2.26. The van der Waals surface area contributed by atoms with Crippen LogP contribution < -0.4 is 10.6 Å². The number of carboxylic acids is 1. The SMILES string of the molecule is CCc1c(C#N)c(SC(C(N)=O)c2ccccc2)nc(N2CCCN(CCC(=O)O)CC2)c1C#N. The number of anilines is 1. The van der Waals surface area contributed by atoms with Gasteiger partial charge in [0.25, 0.3) is 0 Å². The molecule has 1 atom stereocenters. The lowest BCUT2D eigenvalue weighted by molar-refractivity contribution is -0.137. The molecule has 1 aromatic carbocycles. The van der Waals surface area contributed by atoms with Gasteiger partial charge >= 0.3 is 5.97 Å². The Hall–Kier alpha value is -3.60. The van der Waals surface area contributed by atoms with Crippen molar-refractivity contribution in [2.24, 2.45) is 5.73 Å². The number of carbonyl (C=O) groups is 2. The fourth-order valence-electron chi connectivity index (χ4n) is 4.19. The topological polar surface area (TPSA) is 147 Å². The van der Waals surface area contributed by atoms with Crippen LogP contribution in [0.1, 0.15) is 47.3 Å². The molecule has 0 saturated carbocycles. The molecule has 2 aromatic rings. The van der Waals surface area contributed by atoms with Crippen LogP contribution in [-0.4, -0.2) is 59.6 Å². The number of thioether (sulfide) groups is 1. The number of rotatable bonds is 9. The fraction of sp³-hybridized carbons (Fsp3) is 0.400. The number of hydrogen-bond acceptors (Lipinski definition) is 8. The molecule has 3 N–H and O–H groups in total. The van der Waals surface area contributed by atoms with Gasteiger partial charge in [-0.1, -0.05) is 49.0 Å². The molecular formula is C25H28N6O3S. The summed E-state index contributed by atoms with van der Waals surface area (Å²) in [5.41, 5.74) is 7.69. The number of carbonyl (C=O) groups excluding carboxylic acids is 1. The van der Waals surface area contributed by atoms with Crippen LogP contribution in [0.2, 0.25) is 0 Å². The number of hydrogen-bond donors (Lipinski definition) is 2. The second-order valence-corrected chi connectivity index (χ2v) is 9.28. The number of aliphatic carboxylic acids is 1. The molecule has 3 rings (SSSR count). The smallest absolute Gasteiger partial charge is 0.304 e. The minimum atomic E-state index is -0.830. The lowest BCUT2D eigenvalue weighted by atomic mass is 10.0. The first-order valence-corrected chi connectivity index (χ1v) is 12.3. The Morgan fingerprint density at radius 2 is 1.86 bits per heavy atom. The number of amides is 1. The molecule has 35 heavy (non-hydrogen) atoms. The highest BCUT2D eigenvalue weighted by atomic mass is 32.2. The van der Waals surface area contributed by atoms with E-state index in [1.54, 1.807) is 12.1 Å². The van der Waals surface area contributed by atoms with Crippen LogP contribution in [0.15, 0.2) is 35.4 Å². The molecule has 1 fully saturated rings. The predicted molar refractivity (Wildman–Crippen MR) is 133 cm³/mol. The summed E-state index contributed by atoms with van der Waals surface area (Å²) in [7, 11) is 0. The van der Waals surface area contributed by atoms with Crippen molar-refractivity contribution in [2.45, 2.75) is 36.5 Å². The van der Waals surface area contributed by atoms with Crippen molar-refractivity contribution in [2.75, 3.05) is 37.6 Å². The van der Waals surface area contributed by atoms with Gasteiger partial charge in [-0.3, -0.25) is 9.59 Å². The van der Waals surface area contributed by atoms with Gasteiger partial charge in [0.2, 0.25) is 5.91 Å². The third-order valence-electron chi connectivity index (χ3n) is 5.95. The van der Waals surface area contributed by atoms with Gasteiger partial charge in [0.1, 0.15) is 28.2 Å². The van der Waals surface area contributed by atoms with Crippen LogP contribution in [0, 0.1) is 22.7 Å². The van der Waals surface area contributed by atoms with E-state index < -0.39 is 17.1 Å². The summed E-state index contributed by atoms with van der Waals surface area (Å²) in [5.74, 6) is -0.884. The number of benzene rings is 1. The Labute approximate surface area is 209 Å². The third kappa shape index (κ3) is 6.30. The van der Waals surface area contributed by atoms with E-state index in [2.05, 4.69) is 17.0 Å². The first-order valence-electron chi connectivity index (χ1n) is 11.5. The van der Waals surface area contributed by atoms with Gasteiger partial charge in [-0.15, -0.1) is 0 Å². The Morgan fingerprint density at radius 3 is 2.46 bits per heavy atom. The maximum atomic E-state index is 12.3. The number of aromatic nitrogens is 1. The van der Waals surface area contributed by atoms with Crippen LogP contribution >= 0.6 is 11.8 Å². The van der Waals surface area contributed by atoms with Crippen molar-refractivity contribution < 1.29 is 14.7 Å². The standard InChI is InChI=1S/C25H28N6O3S/c1-2-18-19(15-26)24(31-11-6-10-30(13-14-31)12-9-21(32)33)29-25(20(18)16-27)35-22(23(28)34)17-7-4-3-5-8-17/h3-5,7-8,22H,2,6,9-14H2,1H3,(H2,28,34)(H,32,33).